The van der Waals surface area contributed by atoms with Gasteiger partial charge >= 0.3 is 0 Å². The predicted molar refractivity (Wildman–Crippen MR) is 81.5 cm³/mol. The molecule has 2 aliphatic rings. The highest BCUT2D eigenvalue weighted by atomic mass is 15.2. The number of rotatable bonds is 3. The minimum Gasteiger partial charge on any atom is -0.333 e. The van der Waals surface area contributed by atoms with E-state index in [4.69, 9.17) is 0 Å². The van der Waals surface area contributed by atoms with E-state index in [1.54, 1.807) is 0 Å². The SMILES string of the molecule is CNC1CCC(C)(C)CC1CN1CCn2ccnc2C1. The van der Waals surface area contributed by atoms with E-state index in [1.165, 1.54) is 31.6 Å². The molecule has 1 aromatic rings. The second kappa shape index (κ2) is 5.49. The molecular formula is C16H28N4. The van der Waals surface area contributed by atoms with E-state index in [-0.39, 0.29) is 0 Å². The maximum absolute atomic E-state index is 4.47. The molecule has 4 nitrogen and oxygen atoms in total. The van der Waals surface area contributed by atoms with Gasteiger partial charge in [-0.25, -0.2) is 4.98 Å². The van der Waals surface area contributed by atoms with E-state index < -0.39 is 0 Å². The fourth-order valence-corrected chi connectivity index (χ4v) is 4.02. The molecule has 2 unspecified atom stereocenters. The van der Waals surface area contributed by atoms with E-state index in [0.29, 0.717) is 11.5 Å². The molecule has 0 saturated heterocycles. The lowest BCUT2D eigenvalue weighted by atomic mass is 9.69. The van der Waals surface area contributed by atoms with Gasteiger partial charge in [0, 0.05) is 38.1 Å². The van der Waals surface area contributed by atoms with Crippen LogP contribution in [0.5, 0.6) is 0 Å². The first-order valence-electron chi connectivity index (χ1n) is 7.97. The zero-order chi connectivity index (χ0) is 14.2. The van der Waals surface area contributed by atoms with Crippen LogP contribution in [0.1, 0.15) is 38.9 Å². The summed E-state index contributed by atoms with van der Waals surface area (Å²) >= 11 is 0. The number of nitrogens with zero attached hydrogens (tertiary/aromatic N) is 3. The van der Waals surface area contributed by atoms with Gasteiger partial charge in [0.15, 0.2) is 0 Å². The third kappa shape index (κ3) is 2.91. The average molecular weight is 276 g/mol. The normalized spacial score (nSPS) is 30.1. The molecule has 1 N–H and O–H groups in total. The molecule has 0 radical (unpaired) electrons. The summed E-state index contributed by atoms with van der Waals surface area (Å²) in [4.78, 5) is 7.07. The summed E-state index contributed by atoms with van der Waals surface area (Å²) in [6, 6.07) is 0.685. The molecule has 2 heterocycles. The first-order chi connectivity index (χ1) is 9.57. The second-order valence-corrected chi connectivity index (χ2v) is 7.33. The molecule has 1 aromatic heterocycles. The molecule has 2 atom stereocenters. The summed E-state index contributed by atoms with van der Waals surface area (Å²) in [7, 11) is 2.12. The third-order valence-electron chi connectivity index (χ3n) is 5.20. The zero-order valence-electron chi connectivity index (χ0n) is 13.1. The van der Waals surface area contributed by atoms with Crippen LogP contribution >= 0.6 is 0 Å². The summed E-state index contributed by atoms with van der Waals surface area (Å²) in [6.07, 6.45) is 8.03. The van der Waals surface area contributed by atoms with Crippen molar-refractivity contribution < 1.29 is 0 Å². The zero-order valence-corrected chi connectivity index (χ0v) is 13.1. The van der Waals surface area contributed by atoms with Gasteiger partial charge < -0.3 is 9.88 Å². The number of nitrogens with one attached hydrogen (secondary N) is 1. The number of fused-ring (bicyclic) bond motifs is 1. The summed E-state index contributed by atoms with van der Waals surface area (Å²) in [6.45, 7) is 9.33. The first kappa shape index (κ1) is 14.1. The average Bonchev–Trinajstić information content (AvgIpc) is 2.85. The van der Waals surface area contributed by atoms with Crippen LogP contribution in [0.15, 0.2) is 12.4 Å². The van der Waals surface area contributed by atoms with Crippen molar-refractivity contribution in [3.63, 3.8) is 0 Å². The second-order valence-electron chi connectivity index (χ2n) is 7.33. The Hall–Kier alpha value is -0.870. The highest BCUT2D eigenvalue weighted by Gasteiger charge is 2.35. The number of hydrogen-bond acceptors (Lipinski definition) is 3. The predicted octanol–water partition coefficient (Wildman–Crippen LogP) is 2.11. The van der Waals surface area contributed by atoms with Crippen molar-refractivity contribution in [1.29, 1.82) is 0 Å². The maximum Gasteiger partial charge on any atom is 0.122 e. The van der Waals surface area contributed by atoms with E-state index in [1.807, 2.05) is 6.20 Å². The Labute approximate surface area is 122 Å². The van der Waals surface area contributed by atoms with Gasteiger partial charge in [0.25, 0.3) is 0 Å². The van der Waals surface area contributed by atoms with Crippen LogP contribution in [0.3, 0.4) is 0 Å². The minimum absolute atomic E-state index is 0.506. The van der Waals surface area contributed by atoms with Crippen molar-refractivity contribution in [3.05, 3.63) is 18.2 Å². The maximum atomic E-state index is 4.47. The van der Waals surface area contributed by atoms with Gasteiger partial charge in [-0.3, -0.25) is 4.90 Å². The van der Waals surface area contributed by atoms with E-state index in [0.717, 1.165) is 25.6 Å². The third-order valence-corrected chi connectivity index (χ3v) is 5.20. The van der Waals surface area contributed by atoms with Gasteiger partial charge in [-0.1, -0.05) is 13.8 Å². The van der Waals surface area contributed by atoms with Gasteiger partial charge in [0.2, 0.25) is 0 Å². The molecule has 1 aliphatic heterocycles. The molecule has 0 spiro atoms. The molecule has 112 valence electrons. The molecule has 0 amide bonds. The van der Waals surface area contributed by atoms with E-state index in [2.05, 4.69) is 46.9 Å². The lowest BCUT2D eigenvalue weighted by Crippen LogP contribution is -2.47. The molecule has 4 heteroatoms. The lowest BCUT2D eigenvalue weighted by Gasteiger charge is -2.43. The van der Waals surface area contributed by atoms with E-state index >= 15 is 0 Å². The van der Waals surface area contributed by atoms with Gasteiger partial charge in [-0.15, -0.1) is 0 Å². The monoisotopic (exact) mass is 276 g/mol. The molecular weight excluding hydrogens is 248 g/mol. The van der Waals surface area contributed by atoms with Crippen molar-refractivity contribution in [1.82, 2.24) is 19.8 Å². The van der Waals surface area contributed by atoms with Crippen LogP contribution in [0.25, 0.3) is 0 Å². The molecule has 1 aliphatic carbocycles. The number of aromatic nitrogens is 2. The Morgan fingerprint density at radius 1 is 1.40 bits per heavy atom. The van der Waals surface area contributed by atoms with Crippen molar-refractivity contribution >= 4 is 0 Å². The van der Waals surface area contributed by atoms with Crippen LogP contribution in [-0.4, -0.2) is 40.6 Å². The Bertz CT molecular complexity index is 451. The summed E-state index contributed by atoms with van der Waals surface area (Å²) in [5, 5.41) is 3.55. The molecule has 1 fully saturated rings. The van der Waals surface area contributed by atoms with Crippen molar-refractivity contribution in [2.45, 2.75) is 52.2 Å². The fourth-order valence-electron chi connectivity index (χ4n) is 4.02. The lowest BCUT2D eigenvalue weighted by molar-refractivity contribution is 0.0909. The topological polar surface area (TPSA) is 33.1 Å². The van der Waals surface area contributed by atoms with Crippen molar-refractivity contribution in [2.75, 3.05) is 20.1 Å². The van der Waals surface area contributed by atoms with Crippen LogP contribution in [0.2, 0.25) is 0 Å². The quantitative estimate of drug-likeness (QED) is 0.918. The van der Waals surface area contributed by atoms with Gasteiger partial charge in [-0.2, -0.15) is 0 Å². The Morgan fingerprint density at radius 2 is 2.25 bits per heavy atom. The van der Waals surface area contributed by atoms with Gasteiger partial charge in [-0.05, 0) is 37.6 Å². The molecule has 1 saturated carbocycles. The summed E-state index contributed by atoms with van der Waals surface area (Å²) < 4.78 is 2.29. The molecule has 0 aromatic carbocycles. The van der Waals surface area contributed by atoms with Gasteiger partial charge in [0.1, 0.15) is 5.82 Å². The first-order valence-corrected chi connectivity index (χ1v) is 7.97. The van der Waals surface area contributed by atoms with Crippen molar-refractivity contribution in [2.24, 2.45) is 11.3 Å². The Balaban J connectivity index is 1.64. The fraction of sp³-hybridized carbons (Fsp3) is 0.812. The minimum atomic E-state index is 0.506. The highest BCUT2D eigenvalue weighted by Crippen LogP contribution is 2.39. The summed E-state index contributed by atoms with van der Waals surface area (Å²) in [5.74, 6) is 2.00. The van der Waals surface area contributed by atoms with Crippen molar-refractivity contribution in [3.8, 4) is 0 Å². The Morgan fingerprint density at radius 3 is 3.05 bits per heavy atom. The highest BCUT2D eigenvalue weighted by molar-refractivity contribution is 4.97. The molecule has 20 heavy (non-hydrogen) atoms. The van der Waals surface area contributed by atoms with Gasteiger partial charge in [0.05, 0.1) is 6.54 Å². The van der Waals surface area contributed by atoms with Crippen LogP contribution in [-0.2, 0) is 13.1 Å². The Kier molecular flexibility index (Phi) is 3.87. The van der Waals surface area contributed by atoms with E-state index in [9.17, 15) is 0 Å². The van der Waals surface area contributed by atoms with Crippen LogP contribution in [0, 0.1) is 11.3 Å². The summed E-state index contributed by atoms with van der Waals surface area (Å²) in [5.41, 5.74) is 0.506. The smallest absolute Gasteiger partial charge is 0.122 e. The number of imidazole rings is 1. The standard InChI is InChI=1S/C16H28N4/c1-16(2)5-4-14(17-3)13(10-16)11-19-8-9-20-7-6-18-15(20)12-19/h6-7,13-14,17H,4-5,8-12H2,1-3H3. The van der Waals surface area contributed by atoms with Crippen LogP contribution < -0.4 is 5.32 Å². The molecule has 3 rings (SSSR count). The number of hydrogen-bond donors (Lipinski definition) is 1. The molecule has 0 bridgehead atoms. The van der Waals surface area contributed by atoms with Crippen LogP contribution in [0.4, 0.5) is 0 Å². The largest absolute Gasteiger partial charge is 0.333 e.